The SMILES string of the molecule is CC1(C)c2cc(-c3cccc4oc5cc6ccccc6cc5c34)ccc2-c2c(-c3ccc4ccccc4c3)cc3ccccc3c21. The molecule has 10 rings (SSSR count). The number of furan rings is 1. The maximum Gasteiger partial charge on any atom is 0.136 e. The third kappa shape index (κ3) is 3.51. The zero-order chi connectivity index (χ0) is 30.6. The van der Waals surface area contributed by atoms with Crippen molar-refractivity contribution < 1.29 is 4.42 Å². The molecular formula is C45H30O. The fourth-order valence-corrected chi connectivity index (χ4v) is 8.19. The Labute approximate surface area is 267 Å². The van der Waals surface area contributed by atoms with E-state index in [9.17, 15) is 0 Å². The molecule has 0 amide bonds. The minimum Gasteiger partial charge on any atom is -0.456 e. The van der Waals surface area contributed by atoms with Crippen LogP contribution in [0.3, 0.4) is 0 Å². The number of fused-ring (bicyclic) bond motifs is 10. The average Bonchev–Trinajstić information content (AvgIpc) is 3.58. The molecule has 1 nitrogen and oxygen atoms in total. The van der Waals surface area contributed by atoms with Gasteiger partial charge in [0.25, 0.3) is 0 Å². The van der Waals surface area contributed by atoms with E-state index in [1.165, 1.54) is 82.2 Å². The van der Waals surface area contributed by atoms with E-state index in [0.717, 1.165) is 16.6 Å². The first-order valence-corrected chi connectivity index (χ1v) is 16.1. The van der Waals surface area contributed by atoms with Crippen molar-refractivity contribution in [3.63, 3.8) is 0 Å². The van der Waals surface area contributed by atoms with Gasteiger partial charge in [-0.05, 0) is 113 Å². The van der Waals surface area contributed by atoms with Gasteiger partial charge in [0, 0.05) is 16.2 Å². The van der Waals surface area contributed by atoms with Gasteiger partial charge in [0.05, 0.1) is 0 Å². The molecule has 1 aliphatic carbocycles. The van der Waals surface area contributed by atoms with Gasteiger partial charge in [-0.2, -0.15) is 0 Å². The summed E-state index contributed by atoms with van der Waals surface area (Å²) >= 11 is 0. The summed E-state index contributed by atoms with van der Waals surface area (Å²) in [5.41, 5.74) is 12.1. The van der Waals surface area contributed by atoms with Crippen LogP contribution in [0.25, 0.3) is 87.6 Å². The molecule has 0 N–H and O–H groups in total. The van der Waals surface area contributed by atoms with Gasteiger partial charge < -0.3 is 4.42 Å². The molecular weight excluding hydrogens is 556 g/mol. The molecule has 1 heteroatoms. The van der Waals surface area contributed by atoms with Crippen LogP contribution in [0.1, 0.15) is 25.0 Å². The van der Waals surface area contributed by atoms with E-state index in [4.69, 9.17) is 4.42 Å². The predicted octanol–water partition coefficient (Wildman–Crippen LogP) is 12.7. The monoisotopic (exact) mass is 586 g/mol. The first kappa shape index (κ1) is 25.6. The van der Waals surface area contributed by atoms with Gasteiger partial charge in [-0.15, -0.1) is 0 Å². The zero-order valence-electron chi connectivity index (χ0n) is 25.8. The lowest BCUT2D eigenvalue weighted by molar-refractivity contribution is 0.666. The fraction of sp³-hybridized carbons (Fsp3) is 0.0667. The third-order valence-electron chi connectivity index (χ3n) is 10.4. The van der Waals surface area contributed by atoms with Crippen molar-refractivity contribution in [1.29, 1.82) is 0 Å². The van der Waals surface area contributed by atoms with Crippen LogP contribution in [-0.2, 0) is 5.41 Å². The molecule has 0 spiro atoms. The minimum absolute atomic E-state index is 0.185. The Balaban J connectivity index is 1.23. The van der Waals surface area contributed by atoms with Gasteiger partial charge in [-0.3, -0.25) is 0 Å². The number of benzene rings is 8. The van der Waals surface area contributed by atoms with Crippen LogP contribution in [0.15, 0.2) is 150 Å². The van der Waals surface area contributed by atoms with E-state index in [0.29, 0.717) is 0 Å². The molecule has 1 aromatic heterocycles. The zero-order valence-corrected chi connectivity index (χ0v) is 25.8. The summed E-state index contributed by atoms with van der Waals surface area (Å²) in [5.74, 6) is 0. The smallest absolute Gasteiger partial charge is 0.136 e. The van der Waals surface area contributed by atoms with Crippen LogP contribution in [-0.4, -0.2) is 0 Å². The second-order valence-corrected chi connectivity index (χ2v) is 13.3. The summed E-state index contributed by atoms with van der Waals surface area (Å²) in [4.78, 5) is 0. The lowest BCUT2D eigenvalue weighted by Crippen LogP contribution is -2.15. The Morgan fingerprint density at radius 1 is 0.435 bits per heavy atom. The van der Waals surface area contributed by atoms with Gasteiger partial charge in [0.15, 0.2) is 0 Å². The van der Waals surface area contributed by atoms with E-state index in [-0.39, 0.29) is 5.41 Å². The molecule has 0 fully saturated rings. The normalized spacial score (nSPS) is 13.6. The third-order valence-corrected chi connectivity index (χ3v) is 10.4. The van der Waals surface area contributed by atoms with Crippen LogP contribution in [0.5, 0.6) is 0 Å². The van der Waals surface area contributed by atoms with Crippen LogP contribution < -0.4 is 0 Å². The summed E-state index contributed by atoms with van der Waals surface area (Å²) in [6, 6.07) is 53.4. The molecule has 46 heavy (non-hydrogen) atoms. The predicted molar refractivity (Wildman–Crippen MR) is 195 cm³/mol. The molecule has 0 unspecified atom stereocenters. The molecule has 0 radical (unpaired) electrons. The van der Waals surface area contributed by atoms with Gasteiger partial charge in [-0.25, -0.2) is 0 Å². The molecule has 0 atom stereocenters. The minimum atomic E-state index is -0.185. The standard InChI is InChI=1S/C45H30O/c1-45(2)39-25-33(34-16-9-17-40-42(34)38-23-29-12-5-6-13-30(29)26-41(38)46-40)20-21-36(39)43-37(24-31-14-7-8-15-35(31)44(43)45)32-19-18-27-10-3-4-11-28(27)22-32/h3-26H,1-2H3. The Morgan fingerprint density at radius 2 is 1.11 bits per heavy atom. The highest BCUT2D eigenvalue weighted by Crippen LogP contribution is 2.56. The lowest BCUT2D eigenvalue weighted by Gasteiger charge is -2.24. The number of rotatable bonds is 2. The Morgan fingerprint density at radius 3 is 1.93 bits per heavy atom. The first-order chi connectivity index (χ1) is 22.5. The van der Waals surface area contributed by atoms with Gasteiger partial charge in [-0.1, -0.05) is 123 Å². The van der Waals surface area contributed by atoms with Crippen LogP contribution in [0.2, 0.25) is 0 Å². The molecule has 8 aromatic carbocycles. The van der Waals surface area contributed by atoms with E-state index >= 15 is 0 Å². The van der Waals surface area contributed by atoms with Crippen molar-refractivity contribution in [3.05, 3.63) is 157 Å². The van der Waals surface area contributed by atoms with E-state index < -0.39 is 0 Å². The molecule has 0 aliphatic heterocycles. The van der Waals surface area contributed by atoms with E-state index in [1.807, 2.05) is 0 Å². The maximum absolute atomic E-state index is 6.45. The highest BCUT2D eigenvalue weighted by atomic mass is 16.3. The topological polar surface area (TPSA) is 13.1 Å². The van der Waals surface area contributed by atoms with Crippen molar-refractivity contribution in [1.82, 2.24) is 0 Å². The Hall–Kier alpha value is -5.66. The number of hydrogen-bond donors (Lipinski definition) is 0. The maximum atomic E-state index is 6.45. The second kappa shape index (κ2) is 9.19. The van der Waals surface area contributed by atoms with Crippen molar-refractivity contribution in [3.8, 4) is 33.4 Å². The summed E-state index contributed by atoms with van der Waals surface area (Å²) in [6.07, 6.45) is 0. The summed E-state index contributed by atoms with van der Waals surface area (Å²) in [6.45, 7) is 4.80. The Kier molecular flexibility index (Phi) is 5.12. The van der Waals surface area contributed by atoms with Gasteiger partial charge in [0.2, 0.25) is 0 Å². The van der Waals surface area contributed by atoms with Crippen molar-refractivity contribution in [2.24, 2.45) is 0 Å². The van der Waals surface area contributed by atoms with Crippen LogP contribution >= 0.6 is 0 Å². The van der Waals surface area contributed by atoms with Gasteiger partial charge in [0.1, 0.15) is 11.2 Å². The van der Waals surface area contributed by atoms with Crippen molar-refractivity contribution >= 4 is 54.3 Å². The lowest BCUT2D eigenvalue weighted by atomic mass is 9.78. The molecule has 9 aromatic rings. The molecule has 0 saturated carbocycles. The van der Waals surface area contributed by atoms with Crippen molar-refractivity contribution in [2.75, 3.05) is 0 Å². The van der Waals surface area contributed by atoms with E-state index in [1.54, 1.807) is 0 Å². The Bertz CT molecular complexity index is 2720. The van der Waals surface area contributed by atoms with E-state index in [2.05, 4.69) is 159 Å². The molecule has 1 heterocycles. The first-order valence-electron chi connectivity index (χ1n) is 16.1. The molecule has 0 bridgehead atoms. The molecule has 216 valence electrons. The van der Waals surface area contributed by atoms with Crippen LogP contribution in [0.4, 0.5) is 0 Å². The van der Waals surface area contributed by atoms with Gasteiger partial charge >= 0.3 is 0 Å². The molecule has 1 aliphatic rings. The average molecular weight is 587 g/mol. The summed E-state index contributed by atoms with van der Waals surface area (Å²) in [7, 11) is 0. The van der Waals surface area contributed by atoms with Crippen LogP contribution in [0, 0.1) is 0 Å². The summed E-state index contributed by atoms with van der Waals surface area (Å²) < 4.78 is 6.45. The molecule has 0 saturated heterocycles. The summed E-state index contributed by atoms with van der Waals surface area (Å²) in [5, 5.41) is 9.92. The van der Waals surface area contributed by atoms with Crippen molar-refractivity contribution in [2.45, 2.75) is 19.3 Å². The highest BCUT2D eigenvalue weighted by Gasteiger charge is 2.39. The largest absolute Gasteiger partial charge is 0.456 e. The number of hydrogen-bond acceptors (Lipinski definition) is 1. The quantitative estimate of drug-likeness (QED) is 0.196. The second-order valence-electron chi connectivity index (χ2n) is 13.3. The highest BCUT2D eigenvalue weighted by molar-refractivity contribution is 6.16. The fourth-order valence-electron chi connectivity index (χ4n) is 8.19.